The summed E-state index contributed by atoms with van der Waals surface area (Å²) >= 11 is 5.83. The second-order valence-electron chi connectivity index (χ2n) is 5.35. The summed E-state index contributed by atoms with van der Waals surface area (Å²) in [5, 5.41) is 0. The Morgan fingerprint density at radius 3 is 2.32 bits per heavy atom. The van der Waals surface area contributed by atoms with Crippen LogP contribution in [0.4, 0.5) is 0 Å². The van der Waals surface area contributed by atoms with Gasteiger partial charge in [-0.15, -0.1) is 11.6 Å². The van der Waals surface area contributed by atoms with Gasteiger partial charge in [0.15, 0.2) is 0 Å². The van der Waals surface area contributed by atoms with Crippen LogP contribution in [0.15, 0.2) is 23.1 Å². The first-order valence-corrected chi connectivity index (χ1v) is 8.43. The maximum absolute atomic E-state index is 12.3. The van der Waals surface area contributed by atoms with Crippen LogP contribution in [-0.2, 0) is 10.0 Å². The number of halogens is 1. The van der Waals surface area contributed by atoms with E-state index in [1.54, 1.807) is 12.1 Å². The van der Waals surface area contributed by atoms with Crippen LogP contribution >= 0.6 is 11.6 Å². The molecular weight excluding hydrogens is 282 g/mol. The Kier molecular flexibility index (Phi) is 5.83. The van der Waals surface area contributed by atoms with E-state index in [0.717, 1.165) is 17.5 Å². The molecule has 0 amide bonds. The van der Waals surface area contributed by atoms with Crippen molar-refractivity contribution in [2.45, 2.75) is 45.1 Å². The molecule has 0 aliphatic heterocycles. The third-order valence-electron chi connectivity index (χ3n) is 3.05. The number of rotatable bonds is 6. The van der Waals surface area contributed by atoms with Gasteiger partial charge in [0.1, 0.15) is 0 Å². The van der Waals surface area contributed by atoms with Crippen LogP contribution in [0.2, 0.25) is 0 Å². The largest absolute Gasteiger partial charge is 0.240 e. The highest BCUT2D eigenvalue weighted by Gasteiger charge is 2.20. The van der Waals surface area contributed by atoms with Crippen LogP contribution in [-0.4, -0.2) is 20.3 Å². The van der Waals surface area contributed by atoms with Gasteiger partial charge in [-0.05, 0) is 49.4 Å². The fraction of sp³-hybridized carbons (Fsp3) is 0.571. The second-order valence-corrected chi connectivity index (χ2v) is 7.37. The highest BCUT2D eigenvalue weighted by molar-refractivity contribution is 7.89. The van der Waals surface area contributed by atoms with Gasteiger partial charge < -0.3 is 0 Å². The number of aryl methyl sites for hydroxylation is 2. The molecule has 0 heterocycles. The third kappa shape index (κ3) is 4.79. The highest BCUT2D eigenvalue weighted by Crippen LogP contribution is 2.16. The molecule has 1 rings (SSSR count). The van der Waals surface area contributed by atoms with Gasteiger partial charge in [0.25, 0.3) is 0 Å². The molecule has 5 heteroatoms. The summed E-state index contributed by atoms with van der Waals surface area (Å²) in [7, 11) is -3.49. The van der Waals surface area contributed by atoms with Crippen LogP contribution in [0.3, 0.4) is 0 Å². The Labute approximate surface area is 121 Å². The van der Waals surface area contributed by atoms with Crippen molar-refractivity contribution in [2.75, 3.05) is 5.88 Å². The molecule has 0 fully saturated rings. The number of hydrogen-bond acceptors (Lipinski definition) is 2. The predicted octanol–water partition coefficient (Wildman–Crippen LogP) is 3.24. The fourth-order valence-corrected chi connectivity index (χ4v) is 3.51. The van der Waals surface area contributed by atoms with Crippen LogP contribution in [0, 0.1) is 19.8 Å². The SMILES string of the molecule is Cc1ccc(S(=O)(=O)NC(CCl)CC(C)C)cc1C. The van der Waals surface area contributed by atoms with E-state index in [1.165, 1.54) is 0 Å². The summed E-state index contributed by atoms with van der Waals surface area (Å²) in [5.74, 6) is 0.675. The first kappa shape index (κ1) is 16.5. The molecule has 0 spiro atoms. The average molecular weight is 304 g/mol. The molecule has 1 aromatic carbocycles. The van der Waals surface area contributed by atoms with Crippen molar-refractivity contribution in [3.05, 3.63) is 29.3 Å². The van der Waals surface area contributed by atoms with Crippen molar-refractivity contribution in [1.29, 1.82) is 0 Å². The van der Waals surface area contributed by atoms with E-state index in [0.29, 0.717) is 10.8 Å². The minimum Gasteiger partial charge on any atom is -0.207 e. The van der Waals surface area contributed by atoms with Crippen LogP contribution in [0.1, 0.15) is 31.4 Å². The number of alkyl halides is 1. The molecule has 0 saturated heterocycles. The number of nitrogens with one attached hydrogen (secondary N) is 1. The molecule has 0 aromatic heterocycles. The average Bonchev–Trinajstić information content (AvgIpc) is 2.30. The lowest BCUT2D eigenvalue weighted by Crippen LogP contribution is -2.37. The summed E-state index contributed by atoms with van der Waals surface area (Å²) in [5.41, 5.74) is 2.05. The molecule has 1 unspecified atom stereocenters. The van der Waals surface area contributed by atoms with Crippen molar-refractivity contribution in [3.8, 4) is 0 Å². The molecule has 0 bridgehead atoms. The molecule has 1 atom stereocenters. The first-order valence-electron chi connectivity index (χ1n) is 6.41. The minimum atomic E-state index is -3.49. The van der Waals surface area contributed by atoms with Crippen LogP contribution in [0.5, 0.6) is 0 Å². The summed E-state index contributed by atoms with van der Waals surface area (Å²) < 4.78 is 27.2. The van der Waals surface area contributed by atoms with Crippen molar-refractivity contribution < 1.29 is 8.42 Å². The third-order valence-corrected chi connectivity index (χ3v) is 4.94. The smallest absolute Gasteiger partial charge is 0.207 e. The molecule has 0 saturated carbocycles. The van der Waals surface area contributed by atoms with E-state index in [1.807, 2.05) is 33.8 Å². The predicted molar refractivity (Wildman–Crippen MR) is 80.2 cm³/mol. The summed E-state index contributed by atoms with van der Waals surface area (Å²) in [4.78, 5) is 0.300. The zero-order chi connectivity index (χ0) is 14.6. The second kappa shape index (κ2) is 6.73. The highest BCUT2D eigenvalue weighted by atomic mass is 35.5. The molecule has 0 aliphatic carbocycles. The number of benzene rings is 1. The monoisotopic (exact) mass is 303 g/mol. The number of hydrogen-bond donors (Lipinski definition) is 1. The molecule has 1 aromatic rings. The van der Waals surface area contributed by atoms with Gasteiger partial charge in [0, 0.05) is 11.9 Å². The molecule has 0 radical (unpaired) electrons. The van der Waals surface area contributed by atoms with Crippen molar-refractivity contribution >= 4 is 21.6 Å². The molecule has 1 N–H and O–H groups in total. The van der Waals surface area contributed by atoms with Gasteiger partial charge in [-0.3, -0.25) is 0 Å². The fourth-order valence-electron chi connectivity index (χ4n) is 1.88. The van der Waals surface area contributed by atoms with Crippen molar-refractivity contribution in [2.24, 2.45) is 5.92 Å². The Hall–Kier alpha value is -0.580. The normalized spacial score (nSPS) is 13.8. The first-order chi connectivity index (χ1) is 8.76. The summed E-state index contributed by atoms with van der Waals surface area (Å²) in [6, 6.07) is 4.92. The van der Waals surface area contributed by atoms with Gasteiger partial charge in [-0.1, -0.05) is 19.9 Å². The van der Waals surface area contributed by atoms with Gasteiger partial charge in [-0.2, -0.15) is 0 Å². The van der Waals surface area contributed by atoms with E-state index in [9.17, 15) is 8.42 Å². The lowest BCUT2D eigenvalue weighted by Gasteiger charge is -2.18. The summed E-state index contributed by atoms with van der Waals surface area (Å²) in [6.45, 7) is 7.95. The van der Waals surface area contributed by atoms with Gasteiger partial charge in [-0.25, -0.2) is 13.1 Å². The van der Waals surface area contributed by atoms with Gasteiger partial charge in [0.05, 0.1) is 4.90 Å². The topological polar surface area (TPSA) is 46.2 Å². The number of sulfonamides is 1. The standard InChI is InChI=1S/C14H22ClNO2S/c1-10(2)7-13(9-15)16-19(17,18)14-6-5-11(3)12(4)8-14/h5-6,8,10,13,16H,7,9H2,1-4H3. The van der Waals surface area contributed by atoms with E-state index in [4.69, 9.17) is 11.6 Å². The van der Waals surface area contributed by atoms with E-state index in [-0.39, 0.29) is 11.9 Å². The van der Waals surface area contributed by atoms with E-state index >= 15 is 0 Å². The van der Waals surface area contributed by atoms with Crippen molar-refractivity contribution in [3.63, 3.8) is 0 Å². The Morgan fingerprint density at radius 2 is 1.84 bits per heavy atom. The van der Waals surface area contributed by atoms with Crippen molar-refractivity contribution in [1.82, 2.24) is 4.72 Å². The molecule has 19 heavy (non-hydrogen) atoms. The maximum Gasteiger partial charge on any atom is 0.240 e. The van der Waals surface area contributed by atoms with Gasteiger partial charge in [0.2, 0.25) is 10.0 Å². The quantitative estimate of drug-likeness (QED) is 0.820. The van der Waals surface area contributed by atoms with Gasteiger partial charge >= 0.3 is 0 Å². The Bertz CT molecular complexity index is 526. The lowest BCUT2D eigenvalue weighted by atomic mass is 10.1. The van der Waals surface area contributed by atoms with E-state index < -0.39 is 10.0 Å². The zero-order valence-corrected chi connectivity index (χ0v) is 13.5. The minimum absolute atomic E-state index is 0.228. The zero-order valence-electron chi connectivity index (χ0n) is 11.9. The van der Waals surface area contributed by atoms with E-state index in [2.05, 4.69) is 4.72 Å². The van der Waals surface area contributed by atoms with Crippen LogP contribution < -0.4 is 4.72 Å². The molecular formula is C14H22ClNO2S. The van der Waals surface area contributed by atoms with Crippen LogP contribution in [0.25, 0.3) is 0 Å². The molecule has 3 nitrogen and oxygen atoms in total. The lowest BCUT2D eigenvalue weighted by molar-refractivity contribution is 0.485. The molecule has 108 valence electrons. The molecule has 0 aliphatic rings. The Balaban J connectivity index is 2.93. The Morgan fingerprint density at radius 1 is 1.21 bits per heavy atom. The summed E-state index contributed by atoms with van der Waals surface area (Å²) in [6.07, 6.45) is 0.730. The maximum atomic E-state index is 12.3.